The van der Waals surface area contributed by atoms with E-state index in [1.807, 2.05) is 0 Å². The third-order valence-corrected chi connectivity index (χ3v) is 8.76. The third-order valence-electron chi connectivity index (χ3n) is 7.15. The Morgan fingerprint density at radius 3 is 2.35 bits per heavy atom. The number of anilines is 2. The van der Waals surface area contributed by atoms with Crippen molar-refractivity contribution in [1.82, 2.24) is 4.90 Å². The third kappa shape index (κ3) is 5.47. The number of benzene rings is 1. The molecule has 0 aromatic heterocycles. The highest BCUT2D eigenvalue weighted by Crippen LogP contribution is 2.43. The molecular weight excluding hydrogens is 432 g/mol. The number of sulfone groups is 1. The summed E-state index contributed by atoms with van der Waals surface area (Å²) >= 11 is 0. The molecule has 2 atom stereocenters. The molecule has 6 nitrogen and oxygen atoms in total. The van der Waals surface area contributed by atoms with Crippen molar-refractivity contribution in [2.24, 2.45) is 11.3 Å². The second kappa shape index (κ2) is 9.56. The van der Waals surface area contributed by atoms with Crippen molar-refractivity contribution in [2.75, 3.05) is 60.6 Å². The second-order valence-corrected chi connectivity index (χ2v) is 12.2. The van der Waals surface area contributed by atoms with Crippen LogP contribution in [0.5, 0.6) is 0 Å². The maximum absolute atomic E-state index is 11.7. The first kappa shape index (κ1) is 24.2. The lowest BCUT2D eigenvalue weighted by Gasteiger charge is -2.48. The maximum Gasteiger partial charge on any atom is 0.153 e. The molecule has 0 aliphatic carbocycles. The number of halogens is 1. The monoisotopic (exact) mass is 466 g/mol. The molecule has 0 radical (unpaired) electrons. The molecule has 4 heterocycles. The largest absolute Gasteiger partial charge is 0.369 e. The van der Waals surface area contributed by atoms with E-state index in [2.05, 4.69) is 58.9 Å². The lowest BCUT2D eigenvalue weighted by molar-refractivity contribution is 0.190. The van der Waals surface area contributed by atoms with Crippen molar-refractivity contribution in [1.29, 1.82) is 5.26 Å². The zero-order chi connectivity index (χ0) is 21.4. The van der Waals surface area contributed by atoms with Crippen molar-refractivity contribution in [3.05, 3.63) is 24.3 Å². The first-order valence-corrected chi connectivity index (χ1v) is 13.0. The molecule has 0 amide bonds. The highest BCUT2D eigenvalue weighted by Gasteiger charge is 2.45. The summed E-state index contributed by atoms with van der Waals surface area (Å²) in [6.45, 7) is 10.3. The van der Waals surface area contributed by atoms with Gasteiger partial charge in [0.15, 0.2) is 9.84 Å². The van der Waals surface area contributed by atoms with Gasteiger partial charge in [0.1, 0.15) is 0 Å². The molecule has 5 rings (SSSR count). The summed E-state index contributed by atoms with van der Waals surface area (Å²) in [6, 6.07) is 11.5. The van der Waals surface area contributed by atoms with Crippen LogP contribution in [0.15, 0.2) is 24.3 Å². The van der Waals surface area contributed by atoms with Crippen LogP contribution in [0.1, 0.15) is 33.1 Å². The van der Waals surface area contributed by atoms with Crippen LogP contribution in [0.4, 0.5) is 11.4 Å². The second-order valence-electron chi connectivity index (χ2n) is 9.90. The Labute approximate surface area is 193 Å². The Kier molecular flexibility index (Phi) is 7.45. The van der Waals surface area contributed by atoms with Crippen molar-refractivity contribution < 1.29 is 8.42 Å². The fraction of sp³-hybridized carbons (Fsp3) is 0.696. The van der Waals surface area contributed by atoms with Crippen molar-refractivity contribution >= 4 is 33.6 Å². The fourth-order valence-corrected chi connectivity index (χ4v) is 6.80. The van der Waals surface area contributed by atoms with Crippen LogP contribution in [0, 0.1) is 22.7 Å². The minimum Gasteiger partial charge on any atom is -0.369 e. The molecule has 4 fully saturated rings. The Balaban J connectivity index is 0.00000272. The highest BCUT2D eigenvalue weighted by molar-refractivity contribution is 7.91. The Morgan fingerprint density at radius 1 is 1.06 bits per heavy atom. The van der Waals surface area contributed by atoms with E-state index in [-0.39, 0.29) is 29.3 Å². The molecule has 2 bridgehead atoms. The molecule has 0 N–H and O–H groups in total. The molecule has 0 spiro atoms. The lowest BCUT2D eigenvalue weighted by Crippen LogP contribution is -2.53. The number of fused-ring (bicyclic) bond motifs is 4. The van der Waals surface area contributed by atoms with Gasteiger partial charge in [0, 0.05) is 56.6 Å². The van der Waals surface area contributed by atoms with E-state index in [1.54, 1.807) is 0 Å². The average Bonchev–Trinajstić information content (AvgIpc) is 2.95. The highest BCUT2D eigenvalue weighted by atomic mass is 35.5. The summed E-state index contributed by atoms with van der Waals surface area (Å²) < 4.78 is 23.4. The minimum atomic E-state index is -2.86. The van der Waals surface area contributed by atoms with Gasteiger partial charge in [-0.1, -0.05) is 13.8 Å². The zero-order valence-electron chi connectivity index (χ0n) is 18.7. The van der Waals surface area contributed by atoms with Crippen LogP contribution in [-0.2, 0) is 9.84 Å². The number of nitriles is 1. The van der Waals surface area contributed by atoms with Gasteiger partial charge in [-0.05, 0) is 55.0 Å². The number of unbranched alkanes of at least 4 members (excludes halogenated alkanes) is 1. The van der Waals surface area contributed by atoms with Crippen LogP contribution in [-0.4, -0.2) is 70.1 Å². The van der Waals surface area contributed by atoms with Gasteiger partial charge in [-0.25, -0.2) is 8.42 Å². The molecule has 4 aliphatic heterocycles. The number of hydrogen-bond donors (Lipinski definition) is 0. The van der Waals surface area contributed by atoms with E-state index >= 15 is 0 Å². The Morgan fingerprint density at radius 2 is 1.71 bits per heavy atom. The fourth-order valence-electron chi connectivity index (χ4n) is 5.60. The first-order chi connectivity index (χ1) is 14.3. The van der Waals surface area contributed by atoms with Gasteiger partial charge in [-0.2, -0.15) is 5.26 Å². The predicted octanol–water partition coefficient (Wildman–Crippen LogP) is 3.18. The number of nitrogens with zero attached hydrogens (tertiary/aromatic N) is 4. The molecule has 0 saturated carbocycles. The number of rotatable bonds is 5. The van der Waals surface area contributed by atoms with E-state index in [9.17, 15) is 8.42 Å². The maximum atomic E-state index is 11.7. The summed E-state index contributed by atoms with van der Waals surface area (Å²) in [6.07, 6.45) is 2.85. The summed E-state index contributed by atoms with van der Waals surface area (Å²) in [5.41, 5.74) is 2.64. The standard InChI is InChI=1S/C23H34N4O2S.ClH/c1-23(2)15-19-16-25(10-4-3-9-24)18-22(23)27(17-19)21-7-5-20(6-8-21)26-11-13-30(28,29)14-12-26;/h5-8,19,22H,3-4,10-18H2,1-2H3;1H/t19-,22-;/m1./s1. The zero-order valence-corrected chi connectivity index (χ0v) is 20.3. The van der Waals surface area contributed by atoms with E-state index in [1.165, 1.54) is 12.1 Å². The van der Waals surface area contributed by atoms with E-state index < -0.39 is 9.84 Å². The van der Waals surface area contributed by atoms with Gasteiger partial charge in [0.25, 0.3) is 0 Å². The van der Waals surface area contributed by atoms with Gasteiger partial charge in [-0.15, -0.1) is 12.4 Å². The molecule has 1 aromatic rings. The van der Waals surface area contributed by atoms with E-state index in [0.717, 1.165) is 38.3 Å². The molecule has 1 aromatic carbocycles. The molecule has 31 heavy (non-hydrogen) atoms. The minimum absolute atomic E-state index is 0. The van der Waals surface area contributed by atoms with Gasteiger partial charge >= 0.3 is 0 Å². The van der Waals surface area contributed by atoms with Crippen molar-refractivity contribution in [3.8, 4) is 6.07 Å². The van der Waals surface area contributed by atoms with Gasteiger partial charge in [0.2, 0.25) is 0 Å². The van der Waals surface area contributed by atoms with Gasteiger partial charge in [0.05, 0.1) is 17.6 Å². The number of piperidine rings is 1. The summed E-state index contributed by atoms with van der Waals surface area (Å²) in [7, 11) is -2.86. The van der Waals surface area contributed by atoms with E-state index in [0.29, 0.717) is 31.5 Å². The SMILES string of the molecule is CC1(C)C[C@@H]2CN(CCCC#N)C[C@H]1N(c1ccc(N3CCS(=O)(=O)CC3)cc1)C2.Cl. The van der Waals surface area contributed by atoms with Gasteiger partial charge < -0.3 is 14.7 Å². The Hall–Kier alpha value is -1.49. The first-order valence-electron chi connectivity index (χ1n) is 11.2. The normalized spacial score (nSPS) is 27.3. The van der Waals surface area contributed by atoms with Crippen molar-refractivity contribution in [3.63, 3.8) is 0 Å². The average molecular weight is 467 g/mol. The lowest BCUT2D eigenvalue weighted by atomic mass is 9.73. The number of hydrogen-bond acceptors (Lipinski definition) is 6. The Bertz CT molecular complexity index is 883. The van der Waals surface area contributed by atoms with Crippen molar-refractivity contribution in [2.45, 2.75) is 39.2 Å². The molecule has 4 aliphatic rings. The molecule has 4 saturated heterocycles. The predicted molar refractivity (Wildman–Crippen MR) is 129 cm³/mol. The molecule has 0 unspecified atom stereocenters. The van der Waals surface area contributed by atoms with Crippen LogP contribution >= 0.6 is 12.4 Å². The summed E-state index contributed by atoms with van der Waals surface area (Å²) in [5, 5.41) is 8.87. The van der Waals surface area contributed by atoms with Crippen LogP contribution in [0.2, 0.25) is 0 Å². The van der Waals surface area contributed by atoms with Crippen LogP contribution < -0.4 is 9.80 Å². The van der Waals surface area contributed by atoms with E-state index in [4.69, 9.17) is 5.26 Å². The smallest absolute Gasteiger partial charge is 0.153 e. The quantitative estimate of drug-likeness (QED) is 0.621. The topological polar surface area (TPSA) is 67.7 Å². The molecule has 172 valence electrons. The molecule has 8 heteroatoms. The summed E-state index contributed by atoms with van der Waals surface area (Å²) in [4.78, 5) is 7.35. The molecular formula is C23H35ClN4O2S. The van der Waals surface area contributed by atoms with Crippen LogP contribution in [0.25, 0.3) is 0 Å². The van der Waals surface area contributed by atoms with Crippen LogP contribution in [0.3, 0.4) is 0 Å². The summed E-state index contributed by atoms with van der Waals surface area (Å²) in [5.74, 6) is 1.15. The van der Waals surface area contributed by atoms with Gasteiger partial charge in [-0.3, -0.25) is 0 Å².